The first-order chi connectivity index (χ1) is 9.52. The molecule has 0 saturated carbocycles. The van der Waals surface area contributed by atoms with Crippen molar-refractivity contribution in [1.29, 1.82) is 0 Å². The summed E-state index contributed by atoms with van der Waals surface area (Å²) in [5.74, 6) is -0.858. The van der Waals surface area contributed by atoms with Crippen LogP contribution in [0.2, 0.25) is 0 Å². The van der Waals surface area contributed by atoms with Gasteiger partial charge in [0.15, 0.2) is 11.5 Å². The summed E-state index contributed by atoms with van der Waals surface area (Å²) >= 11 is 0. The Morgan fingerprint density at radius 1 is 1.00 bits per heavy atom. The van der Waals surface area contributed by atoms with Crippen LogP contribution in [-0.4, -0.2) is 32.1 Å². The van der Waals surface area contributed by atoms with E-state index in [0.29, 0.717) is 17.2 Å². The molecule has 3 rings (SSSR count). The van der Waals surface area contributed by atoms with Gasteiger partial charge in [-0.15, -0.1) is 0 Å². The van der Waals surface area contributed by atoms with Crippen molar-refractivity contribution in [2.45, 2.75) is 5.60 Å². The van der Waals surface area contributed by atoms with Crippen molar-refractivity contribution < 1.29 is 28.6 Å². The predicted octanol–water partition coefficient (Wildman–Crippen LogP) is 0.118. The van der Waals surface area contributed by atoms with Gasteiger partial charge in [-0.1, -0.05) is 0 Å². The number of benzene rings is 1. The minimum absolute atomic E-state index is 0.212. The zero-order valence-corrected chi connectivity index (χ0v) is 10.6. The third-order valence-corrected chi connectivity index (χ3v) is 3.25. The molecule has 1 aromatic carbocycles. The van der Waals surface area contributed by atoms with Crippen molar-refractivity contribution in [3.05, 3.63) is 17.7 Å². The zero-order valence-electron chi connectivity index (χ0n) is 10.6. The van der Waals surface area contributed by atoms with Gasteiger partial charge in [0.05, 0.1) is 19.9 Å². The molecule has 2 heterocycles. The van der Waals surface area contributed by atoms with Gasteiger partial charge in [-0.25, -0.2) is 4.79 Å². The first-order valence-electron chi connectivity index (χ1n) is 5.65. The molecule has 1 atom stereocenters. The van der Waals surface area contributed by atoms with Crippen molar-refractivity contribution in [2.24, 2.45) is 0 Å². The zero-order chi connectivity index (χ0) is 14.5. The second-order valence-corrected chi connectivity index (χ2v) is 4.23. The van der Waals surface area contributed by atoms with Gasteiger partial charge in [-0.2, -0.15) is 0 Å². The summed E-state index contributed by atoms with van der Waals surface area (Å²) in [6.07, 6.45) is -0.965. The van der Waals surface area contributed by atoms with Crippen molar-refractivity contribution >= 4 is 23.6 Å². The van der Waals surface area contributed by atoms with Crippen molar-refractivity contribution in [1.82, 2.24) is 5.32 Å². The van der Waals surface area contributed by atoms with Crippen LogP contribution in [0.5, 0.6) is 11.5 Å². The Morgan fingerprint density at radius 3 is 2.15 bits per heavy atom. The monoisotopic (exact) mass is 278 g/mol. The fraction of sp³-hybridized carbons (Fsp3) is 0.250. The number of imide groups is 1. The minimum atomic E-state index is -1.99. The van der Waals surface area contributed by atoms with E-state index in [1.54, 1.807) is 0 Å². The Balaban J connectivity index is 2.22. The highest BCUT2D eigenvalue weighted by Gasteiger charge is 2.61. The lowest BCUT2D eigenvalue weighted by Gasteiger charge is -2.17. The number of methoxy groups -OCH3 is 2. The Labute approximate surface area is 113 Å². The Kier molecular flexibility index (Phi) is 2.37. The number of ether oxygens (including phenoxy) is 3. The average Bonchev–Trinajstić information content (AvgIpc) is 2.87. The highest BCUT2D eigenvalue weighted by molar-refractivity contribution is 6.24. The van der Waals surface area contributed by atoms with Gasteiger partial charge in [-0.3, -0.25) is 14.9 Å². The number of hydrogen-bond acceptors (Lipinski definition) is 6. The van der Waals surface area contributed by atoms with Crippen molar-refractivity contribution in [3.8, 4) is 11.5 Å². The van der Waals surface area contributed by atoms with Gasteiger partial charge < -0.3 is 19.5 Å². The number of fused-ring (bicyclic) bond motifs is 2. The fourth-order valence-corrected chi connectivity index (χ4v) is 2.32. The maximum absolute atomic E-state index is 12.1. The van der Waals surface area contributed by atoms with Crippen LogP contribution in [0, 0.1) is 0 Å². The summed E-state index contributed by atoms with van der Waals surface area (Å²) < 4.78 is 15.2. The molecule has 3 amide bonds. The Bertz CT molecular complexity index is 656. The highest BCUT2D eigenvalue weighted by atomic mass is 16.6. The summed E-state index contributed by atoms with van der Waals surface area (Å²) in [6.45, 7) is 0. The molecular formula is C12H10N2O6. The van der Waals surface area contributed by atoms with Crippen LogP contribution in [0.15, 0.2) is 12.1 Å². The number of carbonyl (C=O) groups is 3. The van der Waals surface area contributed by atoms with Gasteiger partial charge in [0.1, 0.15) is 0 Å². The smallest absolute Gasteiger partial charge is 0.415 e. The lowest BCUT2D eigenvalue weighted by molar-refractivity contribution is -0.143. The molecule has 2 aliphatic heterocycles. The van der Waals surface area contributed by atoms with Crippen LogP contribution in [0.4, 0.5) is 10.5 Å². The molecular weight excluding hydrogens is 268 g/mol. The summed E-state index contributed by atoms with van der Waals surface area (Å²) in [4.78, 5) is 35.3. The minimum Gasteiger partial charge on any atom is -0.493 e. The molecule has 2 N–H and O–H groups in total. The first kappa shape index (κ1) is 12.3. The van der Waals surface area contributed by atoms with E-state index in [1.807, 2.05) is 5.32 Å². The number of nitrogens with one attached hydrogen (secondary N) is 2. The van der Waals surface area contributed by atoms with E-state index in [2.05, 4.69) is 5.32 Å². The van der Waals surface area contributed by atoms with Crippen LogP contribution < -0.4 is 20.1 Å². The highest BCUT2D eigenvalue weighted by Crippen LogP contribution is 2.46. The third kappa shape index (κ3) is 1.33. The van der Waals surface area contributed by atoms with Gasteiger partial charge in [0, 0.05) is 11.6 Å². The molecule has 8 nitrogen and oxygen atoms in total. The van der Waals surface area contributed by atoms with Crippen LogP contribution in [-0.2, 0) is 19.9 Å². The molecule has 104 valence electrons. The first-order valence-corrected chi connectivity index (χ1v) is 5.65. The molecule has 1 fully saturated rings. The number of hydrogen-bond donors (Lipinski definition) is 2. The summed E-state index contributed by atoms with van der Waals surface area (Å²) in [7, 11) is 2.86. The van der Waals surface area contributed by atoms with E-state index in [0.717, 1.165) is 0 Å². The summed E-state index contributed by atoms with van der Waals surface area (Å²) in [6, 6.07) is 2.94. The normalized spacial score (nSPS) is 23.2. The van der Waals surface area contributed by atoms with E-state index in [9.17, 15) is 14.4 Å². The van der Waals surface area contributed by atoms with Crippen LogP contribution in [0.1, 0.15) is 5.56 Å². The van der Waals surface area contributed by atoms with Crippen LogP contribution >= 0.6 is 0 Å². The number of amides is 3. The maximum atomic E-state index is 12.1. The molecule has 20 heavy (non-hydrogen) atoms. The van der Waals surface area contributed by atoms with Crippen LogP contribution in [0.3, 0.4) is 0 Å². The van der Waals surface area contributed by atoms with Crippen molar-refractivity contribution in [3.63, 3.8) is 0 Å². The molecule has 1 spiro atoms. The fourth-order valence-electron chi connectivity index (χ4n) is 2.32. The topological polar surface area (TPSA) is 103 Å². The second-order valence-electron chi connectivity index (χ2n) is 4.23. The molecule has 0 aliphatic carbocycles. The van der Waals surface area contributed by atoms with Gasteiger partial charge in [0.2, 0.25) is 0 Å². The number of rotatable bonds is 2. The van der Waals surface area contributed by atoms with Gasteiger partial charge in [0.25, 0.3) is 17.4 Å². The summed E-state index contributed by atoms with van der Waals surface area (Å²) in [5, 5.41) is 4.45. The van der Waals surface area contributed by atoms with E-state index < -0.39 is 23.5 Å². The molecule has 1 aromatic rings. The van der Waals surface area contributed by atoms with E-state index in [4.69, 9.17) is 14.2 Å². The third-order valence-electron chi connectivity index (χ3n) is 3.25. The van der Waals surface area contributed by atoms with E-state index >= 15 is 0 Å². The number of alkyl carbamates (subject to hydrolysis) is 1. The lowest BCUT2D eigenvalue weighted by Crippen LogP contribution is -2.42. The average molecular weight is 278 g/mol. The molecule has 0 unspecified atom stereocenters. The molecule has 0 radical (unpaired) electrons. The largest absolute Gasteiger partial charge is 0.493 e. The Hall–Kier alpha value is -2.77. The molecule has 8 heteroatoms. The SMILES string of the molecule is COc1cc2c(cc1OC)[C@@]1(OC(=O)NC1=O)C(=O)N2. The van der Waals surface area contributed by atoms with Gasteiger partial charge in [-0.05, 0) is 6.07 Å². The molecule has 0 aromatic heterocycles. The standard InChI is InChI=1S/C12H10N2O6/c1-18-7-3-5-6(4-8(7)19-2)13-9(15)12(5)10(16)14-11(17)20-12/h3-4H,1-2H3,(H,13,15)(H,14,16,17)/t12-/m1/s1. The molecule has 2 aliphatic rings. The molecule has 1 saturated heterocycles. The maximum Gasteiger partial charge on any atom is 0.415 e. The summed E-state index contributed by atoms with van der Waals surface area (Å²) in [5.41, 5.74) is -1.45. The lowest BCUT2D eigenvalue weighted by atomic mass is 9.94. The second kappa shape index (κ2) is 3.86. The predicted molar refractivity (Wildman–Crippen MR) is 64.5 cm³/mol. The van der Waals surface area contributed by atoms with Gasteiger partial charge >= 0.3 is 6.09 Å². The quantitative estimate of drug-likeness (QED) is 0.745. The van der Waals surface area contributed by atoms with E-state index in [-0.39, 0.29) is 5.56 Å². The number of anilines is 1. The van der Waals surface area contributed by atoms with Crippen LogP contribution in [0.25, 0.3) is 0 Å². The van der Waals surface area contributed by atoms with E-state index in [1.165, 1.54) is 26.4 Å². The number of carbonyl (C=O) groups excluding carboxylic acids is 3. The van der Waals surface area contributed by atoms with Crippen molar-refractivity contribution in [2.75, 3.05) is 19.5 Å². The Morgan fingerprint density at radius 2 is 1.60 bits per heavy atom. The molecule has 0 bridgehead atoms.